The van der Waals surface area contributed by atoms with Gasteiger partial charge in [0.25, 0.3) is 0 Å². The summed E-state index contributed by atoms with van der Waals surface area (Å²) >= 11 is 0. The van der Waals surface area contributed by atoms with E-state index in [2.05, 4.69) is 0 Å². The Hall–Kier alpha value is -0.660. The van der Waals surface area contributed by atoms with E-state index in [9.17, 15) is 13.2 Å². The number of aliphatic carboxylic acids is 1. The van der Waals surface area contributed by atoms with Crippen LogP contribution >= 0.6 is 0 Å². The van der Waals surface area contributed by atoms with E-state index in [1.807, 2.05) is 0 Å². The molecule has 0 radical (unpaired) electrons. The van der Waals surface area contributed by atoms with Gasteiger partial charge in [-0.1, -0.05) is 6.92 Å². The number of rotatable bonds is 4. The predicted octanol–water partition coefficient (Wildman–Crippen LogP) is 0.538. The molecule has 0 aromatic carbocycles. The summed E-state index contributed by atoms with van der Waals surface area (Å²) in [5.41, 5.74) is 0. The van der Waals surface area contributed by atoms with Crippen LogP contribution in [0.25, 0.3) is 0 Å². The zero-order valence-electron chi connectivity index (χ0n) is 11.1. The van der Waals surface area contributed by atoms with Crippen molar-refractivity contribution in [2.75, 3.05) is 25.4 Å². The number of piperidine rings is 1. The highest BCUT2D eigenvalue weighted by molar-refractivity contribution is 7.89. The molecule has 6 nitrogen and oxygen atoms in total. The monoisotopic (exact) mass is 291 g/mol. The topological polar surface area (TPSA) is 83.9 Å². The van der Waals surface area contributed by atoms with Gasteiger partial charge in [0.15, 0.2) is 0 Å². The number of ether oxygens (including phenoxy) is 1. The summed E-state index contributed by atoms with van der Waals surface area (Å²) in [4.78, 5) is 11.0. The van der Waals surface area contributed by atoms with Gasteiger partial charge >= 0.3 is 5.97 Å². The molecule has 0 aromatic rings. The molecule has 2 fully saturated rings. The van der Waals surface area contributed by atoms with Crippen LogP contribution in [0.1, 0.15) is 26.2 Å². The second-order valence-electron chi connectivity index (χ2n) is 5.48. The van der Waals surface area contributed by atoms with Crippen molar-refractivity contribution in [1.29, 1.82) is 0 Å². The molecule has 0 aliphatic carbocycles. The second-order valence-corrected chi connectivity index (χ2v) is 7.50. The molecule has 2 heterocycles. The number of carboxylic acid groups (broad SMARTS) is 1. The van der Waals surface area contributed by atoms with Gasteiger partial charge in [-0.3, -0.25) is 4.79 Å². The van der Waals surface area contributed by atoms with Crippen molar-refractivity contribution < 1.29 is 23.1 Å². The van der Waals surface area contributed by atoms with Crippen LogP contribution < -0.4 is 0 Å². The number of sulfonamides is 1. The van der Waals surface area contributed by atoms with Crippen LogP contribution in [0.5, 0.6) is 0 Å². The van der Waals surface area contributed by atoms with Gasteiger partial charge in [0.05, 0.1) is 17.8 Å². The number of hydrogen-bond donors (Lipinski definition) is 1. The first-order valence-electron chi connectivity index (χ1n) is 6.72. The average Bonchev–Trinajstić information content (AvgIpc) is 2.80. The lowest BCUT2D eigenvalue weighted by atomic mass is 9.88. The molecule has 0 aromatic heterocycles. The fourth-order valence-electron chi connectivity index (χ4n) is 2.84. The van der Waals surface area contributed by atoms with Crippen molar-refractivity contribution in [3.63, 3.8) is 0 Å². The minimum atomic E-state index is -3.33. The number of nitrogens with zero attached hydrogens (tertiary/aromatic N) is 1. The summed E-state index contributed by atoms with van der Waals surface area (Å²) < 4.78 is 31.3. The molecule has 2 rings (SSSR count). The van der Waals surface area contributed by atoms with Crippen molar-refractivity contribution in [2.45, 2.75) is 32.3 Å². The highest BCUT2D eigenvalue weighted by atomic mass is 32.2. The first kappa shape index (κ1) is 14.7. The van der Waals surface area contributed by atoms with E-state index in [4.69, 9.17) is 9.84 Å². The SMILES string of the molecule is CC1CN(S(=O)(=O)CC2CCCO2)CCC1C(=O)O. The van der Waals surface area contributed by atoms with E-state index in [-0.39, 0.29) is 17.8 Å². The van der Waals surface area contributed by atoms with E-state index in [1.165, 1.54) is 4.31 Å². The molecule has 2 aliphatic heterocycles. The molecule has 110 valence electrons. The standard InChI is InChI=1S/C12H21NO5S/c1-9-7-13(5-4-11(9)12(14)15)19(16,17)8-10-3-2-6-18-10/h9-11H,2-8H2,1H3,(H,14,15). The van der Waals surface area contributed by atoms with Crippen molar-refractivity contribution in [3.8, 4) is 0 Å². The normalized spacial score (nSPS) is 33.4. The molecule has 0 bridgehead atoms. The minimum absolute atomic E-state index is 0.0253. The molecule has 19 heavy (non-hydrogen) atoms. The lowest BCUT2D eigenvalue weighted by molar-refractivity contribution is -0.144. The van der Waals surface area contributed by atoms with Gasteiger partial charge in [0.2, 0.25) is 10.0 Å². The maximum atomic E-state index is 12.3. The molecule has 0 saturated carbocycles. The van der Waals surface area contributed by atoms with Crippen LogP contribution in [0.15, 0.2) is 0 Å². The summed E-state index contributed by atoms with van der Waals surface area (Å²) in [6, 6.07) is 0. The summed E-state index contributed by atoms with van der Waals surface area (Å²) in [6.07, 6.45) is 1.90. The van der Waals surface area contributed by atoms with Crippen LogP contribution in [0, 0.1) is 11.8 Å². The van der Waals surface area contributed by atoms with Crippen molar-refractivity contribution in [1.82, 2.24) is 4.31 Å². The Kier molecular flexibility index (Phi) is 4.47. The Morgan fingerprint density at radius 2 is 2.16 bits per heavy atom. The molecule has 3 atom stereocenters. The minimum Gasteiger partial charge on any atom is -0.481 e. The predicted molar refractivity (Wildman–Crippen MR) is 69.2 cm³/mol. The van der Waals surface area contributed by atoms with Crippen LogP contribution in [-0.4, -0.2) is 55.4 Å². The summed E-state index contributed by atoms with van der Waals surface area (Å²) in [7, 11) is -3.33. The second kappa shape index (κ2) is 5.76. The Morgan fingerprint density at radius 3 is 2.68 bits per heavy atom. The number of carbonyl (C=O) groups is 1. The fraction of sp³-hybridized carbons (Fsp3) is 0.917. The van der Waals surface area contributed by atoms with E-state index in [1.54, 1.807) is 6.92 Å². The maximum absolute atomic E-state index is 12.3. The number of hydrogen-bond acceptors (Lipinski definition) is 4. The largest absolute Gasteiger partial charge is 0.481 e. The third-order valence-electron chi connectivity index (χ3n) is 4.00. The quantitative estimate of drug-likeness (QED) is 0.817. The first-order valence-corrected chi connectivity index (χ1v) is 8.33. The summed E-state index contributed by atoms with van der Waals surface area (Å²) in [6.45, 7) is 3.03. The van der Waals surface area contributed by atoms with Crippen LogP contribution in [-0.2, 0) is 19.6 Å². The summed E-state index contributed by atoms with van der Waals surface area (Å²) in [5.74, 6) is -1.39. The molecule has 2 aliphatic rings. The Labute approximate surface area is 113 Å². The van der Waals surface area contributed by atoms with E-state index >= 15 is 0 Å². The van der Waals surface area contributed by atoms with Crippen molar-refractivity contribution in [2.24, 2.45) is 11.8 Å². The highest BCUT2D eigenvalue weighted by Gasteiger charge is 2.37. The third-order valence-corrected chi connectivity index (χ3v) is 5.91. The molecule has 1 N–H and O–H groups in total. The Balaban J connectivity index is 1.96. The van der Waals surface area contributed by atoms with Crippen LogP contribution in [0.3, 0.4) is 0 Å². The zero-order chi connectivity index (χ0) is 14.0. The van der Waals surface area contributed by atoms with E-state index in [0.717, 1.165) is 12.8 Å². The van der Waals surface area contributed by atoms with E-state index in [0.29, 0.717) is 26.1 Å². The third kappa shape index (κ3) is 3.46. The number of carboxylic acids is 1. The van der Waals surface area contributed by atoms with E-state index < -0.39 is 21.9 Å². The lowest BCUT2D eigenvalue weighted by Gasteiger charge is -2.34. The average molecular weight is 291 g/mol. The van der Waals surface area contributed by atoms with Gasteiger partial charge in [-0.2, -0.15) is 0 Å². The van der Waals surface area contributed by atoms with Crippen molar-refractivity contribution in [3.05, 3.63) is 0 Å². The van der Waals surface area contributed by atoms with Gasteiger partial charge in [0.1, 0.15) is 0 Å². The molecular weight excluding hydrogens is 270 g/mol. The molecule has 0 amide bonds. The van der Waals surface area contributed by atoms with Gasteiger partial charge in [-0.25, -0.2) is 12.7 Å². The van der Waals surface area contributed by atoms with Gasteiger partial charge in [-0.05, 0) is 25.2 Å². The van der Waals surface area contributed by atoms with Gasteiger partial charge < -0.3 is 9.84 Å². The lowest BCUT2D eigenvalue weighted by Crippen LogP contribution is -2.46. The first-order chi connectivity index (χ1) is 8.90. The van der Waals surface area contributed by atoms with Gasteiger partial charge in [-0.15, -0.1) is 0 Å². The van der Waals surface area contributed by atoms with Crippen molar-refractivity contribution >= 4 is 16.0 Å². The summed E-state index contributed by atoms with van der Waals surface area (Å²) in [5, 5.41) is 9.04. The van der Waals surface area contributed by atoms with Crippen LogP contribution in [0.2, 0.25) is 0 Å². The highest BCUT2D eigenvalue weighted by Crippen LogP contribution is 2.26. The zero-order valence-corrected chi connectivity index (χ0v) is 11.9. The smallest absolute Gasteiger partial charge is 0.306 e. The molecule has 3 unspecified atom stereocenters. The maximum Gasteiger partial charge on any atom is 0.306 e. The molecular formula is C12H21NO5S. The van der Waals surface area contributed by atoms with Gasteiger partial charge in [0, 0.05) is 19.7 Å². The Morgan fingerprint density at radius 1 is 1.42 bits per heavy atom. The van der Waals surface area contributed by atoms with Crippen LogP contribution in [0.4, 0.5) is 0 Å². The molecule has 0 spiro atoms. The fourth-order valence-corrected chi connectivity index (χ4v) is 4.63. The molecule has 7 heteroatoms. The molecule has 2 saturated heterocycles. The Bertz CT molecular complexity index is 429.